The van der Waals surface area contributed by atoms with Crippen LogP contribution in [0.3, 0.4) is 0 Å². The summed E-state index contributed by atoms with van der Waals surface area (Å²) in [5, 5.41) is 4.32. The van der Waals surface area contributed by atoms with Crippen LogP contribution in [0.4, 0.5) is 0 Å². The largest absolute Gasteiger partial charge is 0.497 e. The Morgan fingerprint density at radius 2 is 2.00 bits per heavy atom. The van der Waals surface area contributed by atoms with Crippen LogP contribution in [0.25, 0.3) is 0 Å². The third kappa shape index (κ3) is 5.65. The number of nitrogens with one attached hydrogen (secondary N) is 1. The molecule has 6 nitrogen and oxygen atoms in total. The standard InChI is InChI=1S/C17H25N3O3/c1-3-4-16(14-5-7-15(22-2)8-6-14)18-19-17(21)13-20-9-11-23-12-10-20/h5-8H,3-4,9-13H2,1-2H3,(H,19,21)/b18-16+. The molecule has 0 radical (unpaired) electrons. The molecule has 1 saturated heterocycles. The van der Waals surface area contributed by atoms with E-state index < -0.39 is 0 Å². The normalized spacial score (nSPS) is 16.2. The molecule has 1 heterocycles. The van der Waals surface area contributed by atoms with Crippen LogP contribution < -0.4 is 10.2 Å². The van der Waals surface area contributed by atoms with Crippen LogP contribution in [0.1, 0.15) is 25.3 Å². The zero-order valence-electron chi connectivity index (χ0n) is 13.9. The highest BCUT2D eigenvalue weighted by atomic mass is 16.5. The van der Waals surface area contributed by atoms with Crippen molar-refractivity contribution in [3.05, 3.63) is 29.8 Å². The van der Waals surface area contributed by atoms with Gasteiger partial charge in [0.15, 0.2) is 0 Å². The van der Waals surface area contributed by atoms with E-state index in [-0.39, 0.29) is 5.91 Å². The van der Waals surface area contributed by atoms with Gasteiger partial charge in [0.1, 0.15) is 5.75 Å². The van der Waals surface area contributed by atoms with E-state index in [4.69, 9.17) is 9.47 Å². The molecule has 0 bridgehead atoms. The van der Waals surface area contributed by atoms with Crippen molar-refractivity contribution < 1.29 is 14.3 Å². The van der Waals surface area contributed by atoms with Gasteiger partial charge in [-0.2, -0.15) is 5.10 Å². The fourth-order valence-corrected chi connectivity index (χ4v) is 2.41. The summed E-state index contributed by atoms with van der Waals surface area (Å²) in [6.45, 7) is 5.39. The molecule has 1 aliphatic rings. The summed E-state index contributed by atoms with van der Waals surface area (Å²) in [6.07, 6.45) is 1.77. The minimum absolute atomic E-state index is 0.0889. The highest BCUT2D eigenvalue weighted by molar-refractivity contribution is 6.01. The molecule has 0 spiro atoms. The van der Waals surface area contributed by atoms with Crippen LogP contribution in [-0.2, 0) is 9.53 Å². The predicted molar refractivity (Wildman–Crippen MR) is 89.8 cm³/mol. The molecule has 1 aromatic rings. The number of methoxy groups -OCH3 is 1. The monoisotopic (exact) mass is 319 g/mol. The minimum atomic E-state index is -0.0889. The lowest BCUT2D eigenvalue weighted by atomic mass is 10.1. The fraction of sp³-hybridized carbons (Fsp3) is 0.529. The second-order valence-corrected chi connectivity index (χ2v) is 5.46. The van der Waals surface area contributed by atoms with E-state index >= 15 is 0 Å². The third-order valence-corrected chi connectivity index (χ3v) is 3.70. The Balaban J connectivity index is 1.95. The molecule has 1 aromatic carbocycles. The van der Waals surface area contributed by atoms with Gasteiger partial charge in [0.25, 0.3) is 5.91 Å². The molecule has 0 atom stereocenters. The van der Waals surface area contributed by atoms with Crippen LogP contribution in [0.2, 0.25) is 0 Å². The van der Waals surface area contributed by atoms with Crippen molar-refractivity contribution in [2.75, 3.05) is 40.0 Å². The third-order valence-electron chi connectivity index (χ3n) is 3.70. The first-order valence-corrected chi connectivity index (χ1v) is 8.03. The van der Waals surface area contributed by atoms with E-state index in [1.807, 2.05) is 24.3 Å². The maximum atomic E-state index is 12.0. The molecule has 1 fully saturated rings. The average molecular weight is 319 g/mol. The van der Waals surface area contributed by atoms with Crippen molar-refractivity contribution in [3.8, 4) is 5.75 Å². The smallest absolute Gasteiger partial charge is 0.254 e. The van der Waals surface area contributed by atoms with E-state index in [9.17, 15) is 4.79 Å². The SMILES string of the molecule is CCC/C(=N\NC(=O)CN1CCOCC1)c1ccc(OC)cc1. The lowest BCUT2D eigenvalue weighted by molar-refractivity contribution is -0.123. The first kappa shape index (κ1) is 17.4. The van der Waals surface area contributed by atoms with Crippen LogP contribution in [0, 0.1) is 0 Å². The number of rotatable bonds is 7. The Morgan fingerprint density at radius 3 is 2.61 bits per heavy atom. The van der Waals surface area contributed by atoms with Gasteiger partial charge in [-0.05, 0) is 36.2 Å². The predicted octanol–water partition coefficient (Wildman–Crippen LogP) is 1.65. The van der Waals surface area contributed by atoms with E-state index in [1.54, 1.807) is 7.11 Å². The van der Waals surface area contributed by atoms with Crippen molar-refractivity contribution >= 4 is 11.6 Å². The molecule has 2 rings (SSSR count). The van der Waals surface area contributed by atoms with Gasteiger partial charge in [-0.15, -0.1) is 0 Å². The number of ether oxygens (including phenoxy) is 2. The maximum absolute atomic E-state index is 12.0. The Labute approximate surface area is 137 Å². The molecule has 0 aliphatic carbocycles. The van der Waals surface area contributed by atoms with Gasteiger partial charge >= 0.3 is 0 Å². The quantitative estimate of drug-likeness (QED) is 0.613. The summed E-state index contributed by atoms with van der Waals surface area (Å²) in [5.74, 6) is 0.718. The summed E-state index contributed by atoms with van der Waals surface area (Å²) in [5.41, 5.74) is 4.56. The summed E-state index contributed by atoms with van der Waals surface area (Å²) in [7, 11) is 1.64. The highest BCUT2D eigenvalue weighted by Gasteiger charge is 2.14. The number of morpholine rings is 1. The summed E-state index contributed by atoms with van der Waals surface area (Å²) in [4.78, 5) is 14.1. The lowest BCUT2D eigenvalue weighted by Crippen LogP contribution is -2.42. The number of hydrogen-bond donors (Lipinski definition) is 1. The maximum Gasteiger partial charge on any atom is 0.254 e. The fourth-order valence-electron chi connectivity index (χ4n) is 2.41. The van der Waals surface area contributed by atoms with Crippen molar-refractivity contribution in [2.24, 2.45) is 5.10 Å². The molecule has 6 heteroatoms. The second kappa shape index (κ2) is 9.27. The number of amides is 1. The number of hydrazone groups is 1. The van der Waals surface area contributed by atoms with Gasteiger partial charge in [0.05, 0.1) is 32.6 Å². The molecule has 1 aliphatic heterocycles. The van der Waals surface area contributed by atoms with E-state index in [0.29, 0.717) is 19.8 Å². The molecular weight excluding hydrogens is 294 g/mol. The Kier molecular flexibility index (Phi) is 7.03. The van der Waals surface area contributed by atoms with Gasteiger partial charge < -0.3 is 9.47 Å². The molecule has 0 saturated carbocycles. The van der Waals surface area contributed by atoms with Crippen LogP contribution in [0.15, 0.2) is 29.4 Å². The zero-order chi connectivity index (χ0) is 16.5. The molecule has 126 valence electrons. The van der Waals surface area contributed by atoms with Crippen molar-refractivity contribution in [1.82, 2.24) is 10.3 Å². The number of carbonyl (C=O) groups excluding carboxylic acids is 1. The first-order chi connectivity index (χ1) is 11.2. The van der Waals surface area contributed by atoms with Crippen LogP contribution >= 0.6 is 0 Å². The second-order valence-electron chi connectivity index (χ2n) is 5.46. The topological polar surface area (TPSA) is 63.2 Å². The van der Waals surface area contributed by atoms with Crippen LogP contribution in [0.5, 0.6) is 5.75 Å². The van der Waals surface area contributed by atoms with Crippen molar-refractivity contribution in [1.29, 1.82) is 0 Å². The molecule has 23 heavy (non-hydrogen) atoms. The summed E-state index contributed by atoms with van der Waals surface area (Å²) < 4.78 is 10.4. The number of hydrogen-bond acceptors (Lipinski definition) is 5. The summed E-state index contributed by atoms with van der Waals surface area (Å²) in [6, 6.07) is 7.72. The van der Waals surface area contributed by atoms with Gasteiger partial charge in [-0.25, -0.2) is 5.43 Å². The first-order valence-electron chi connectivity index (χ1n) is 8.03. The van der Waals surface area contributed by atoms with Crippen molar-refractivity contribution in [2.45, 2.75) is 19.8 Å². The average Bonchev–Trinajstić information content (AvgIpc) is 2.59. The molecule has 0 aromatic heterocycles. The van der Waals surface area contributed by atoms with Gasteiger partial charge in [-0.3, -0.25) is 9.69 Å². The van der Waals surface area contributed by atoms with E-state index in [1.165, 1.54) is 0 Å². The molecule has 0 unspecified atom stereocenters. The number of carbonyl (C=O) groups is 1. The Bertz CT molecular complexity index is 522. The van der Waals surface area contributed by atoms with E-state index in [2.05, 4.69) is 22.4 Å². The van der Waals surface area contributed by atoms with Crippen LogP contribution in [-0.4, -0.2) is 56.5 Å². The van der Waals surface area contributed by atoms with Crippen molar-refractivity contribution in [3.63, 3.8) is 0 Å². The van der Waals surface area contributed by atoms with Gasteiger partial charge in [0.2, 0.25) is 0 Å². The van der Waals surface area contributed by atoms with E-state index in [0.717, 1.165) is 43.0 Å². The minimum Gasteiger partial charge on any atom is -0.497 e. The molecular formula is C17H25N3O3. The summed E-state index contributed by atoms with van der Waals surface area (Å²) >= 11 is 0. The van der Waals surface area contributed by atoms with Gasteiger partial charge in [0, 0.05) is 13.1 Å². The zero-order valence-corrected chi connectivity index (χ0v) is 13.9. The Morgan fingerprint density at radius 1 is 1.30 bits per heavy atom. The highest BCUT2D eigenvalue weighted by Crippen LogP contribution is 2.13. The van der Waals surface area contributed by atoms with Gasteiger partial charge in [-0.1, -0.05) is 13.3 Å². The molecule has 1 amide bonds. The number of benzene rings is 1. The molecule has 1 N–H and O–H groups in total. The lowest BCUT2D eigenvalue weighted by Gasteiger charge is -2.25. The number of nitrogens with zero attached hydrogens (tertiary/aromatic N) is 2. The Hall–Kier alpha value is -1.92.